The lowest BCUT2D eigenvalue weighted by Crippen LogP contribution is -2.44. The van der Waals surface area contributed by atoms with Crippen molar-refractivity contribution in [3.63, 3.8) is 0 Å². The van der Waals surface area contributed by atoms with E-state index in [1.165, 1.54) is 12.7 Å². The number of aromatic hydroxyl groups is 3. The molecule has 9 nitrogen and oxygen atoms in total. The maximum absolute atomic E-state index is 11.5. The number of phenolic OH excluding ortho intramolecular Hbond substituents is 2. The van der Waals surface area contributed by atoms with Crippen molar-refractivity contribution in [2.75, 3.05) is 20.7 Å². The van der Waals surface area contributed by atoms with Gasteiger partial charge in [0.2, 0.25) is 5.75 Å². The van der Waals surface area contributed by atoms with Crippen LogP contribution in [-0.2, 0) is 17.8 Å². The molecule has 3 aromatic rings. The molecule has 1 saturated carbocycles. The second-order valence-electron chi connectivity index (χ2n) is 13.3. The number of aromatic nitrogens is 1. The average Bonchev–Trinajstić information content (AvgIpc) is 3.58. The van der Waals surface area contributed by atoms with E-state index in [0.29, 0.717) is 42.1 Å². The third kappa shape index (κ3) is 6.38. The van der Waals surface area contributed by atoms with Crippen molar-refractivity contribution in [2.24, 2.45) is 11.8 Å². The first kappa shape index (κ1) is 32.4. The second-order valence-corrected chi connectivity index (χ2v) is 13.3. The fourth-order valence-corrected chi connectivity index (χ4v) is 8.21. The van der Waals surface area contributed by atoms with E-state index in [1.54, 1.807) is 12.4 Å². The summed E-state index contributed by atoms with van der Waals surface area (Å²) in [5.41, 5.74) is 4.33. The van der Waals surface area contributed by atoms with E-state index in [4.69, 9.17) is 9.47 Å². The van der Waals surface area contributed by atoms with E-state index in [1.807, 2.05) is 25.2 Å². The van der Waals surface area contributed by atoms with Crippen LogP contribution in [0.5, 0.6) is 23.0 Å². The van der Waals surface area contributed by atoms with Gasteiger partial charge in [-0.15, -0.1) is 0 Å². The lowest BCUT2D eigenvalue weighted by molar-refractivity contribution is -0.154. The van der Waals surface area contributed by atoms with Gasteiger partial charge >= 0.3 is 0 Å². The molecule has 0 spiro atoms. The number of rotatable bonds is 10. The molecule has 1 aliphatic heterocycles. The summed E-state index contributed by atoms with van der Waals surface area (Å²) in [5, 5.41) is 57.8. The Bertz CT molecular complexity index is 1520. The van der Waals surface area contributed by atoms with Gasteiger partial charge in [0.05, 0.1) is 32.0 Å². The Hall–Kier alpha value is -3.50. The van der Waals surface area contributed by atoms with Crippen LogP contribution in [0.25, 0.3) is 0 Å². The molecule has 6 N–H and O–H groups in total. The van der Waals surface area contributed by atoms with Crippen molar-refractivity contribution < 1.29 is 35.0 Å². The first-order valence-corrected chi connectivity index (χ1v) is 16.6. The van der Waals surface area contributed by atoms with E-state index in [0.717, 1.165) is 49.8 Å². The van der Waals surface area contributed by atoms with Crippen molar-refractivity contribution in [3.8, 4) is 23.0 Å². The van der Waals surface area contributed by atoms with Crippen LogP contribution in [0.3, 0.4) is 0 Å². The minimum absolute atomic E-state index is 0.0359. The Labute approximate surface area is 270 Å². The molecule has 1 aromatic heterocycles. The summed E-state index contributed by atoms with van der Waals surface area (Å²) < 4.78 is 12.4. The van der Waals surface area contributed by atoms with Gasteiger partial charge in [0.1, 0.15) is 5.75 Å². The molecule has 2 aromatic carbocycles. The van der Waals surface area contributed by atoms with Gasteiger partial charge in [-0.05, 0) is 87.6 Å². The fourth-order valence-electron chi connectivity index (χ4n) is 8.21. The third-order valence-corrected chi connectivity index (χ3v) is 10.6. The predicted octanol–water partition coefficient (Wildman–Crippen LogP) is 5.29. The Balaban J connectivity index is 1.28. The number of aliphatic hydroxyl groups excluding tert-OH is 2. The van der Waals surface area contributed by atoms with Gasteiger partial charge in [-0.3, -0.25) is 0 Å². The van der Waals surface area contributed by atoms with Gasteiger partial charge in [-0.2, -0.15) is 12.4 Å². The number of benzene rings is 2. The number of allylic oxidation sites excluding steroid dienone is 2. The van der Waals surface area contributed by atoms with Gasteiger partial charge < -0.3 is 45.3 Å². The van der Waals surface area contributed by atoms with Crippen LogP contribution in [0.15, 0.2) is 48.8 Å². The number of nitrogens with one attached hydrogen (secondary N) is 1. The number of nitrogens with zero attached hydrogens (tertiary/aromatic N) is 1. The standard InChI is InChI=1S/C37H47N2O7/c1-38-12-10-21-4-3-5-25(14-21)27-16-23(7-9-30(27)41)24-6-8-26-31(42)18-33(46-32(26)17-24)34-28(15-22-11-13-39-19-22)37(45-2)36(44)35(43)29(34)20-40/h3,5,7,9,11,13,16,19,21,24-26,31-33,38,40-44H,4,6,8,10,12,14-15,17-18,20H2,1-2H3/q-1. The van der Waals surface area contributed by atoms with E-state index in [2.05, 4.69) is 28.5 Å². The van der Waals surface area contributed by atoms with Crippen LogP contribution < -0.4 is 15.0 Å². The maximum Gasteiger partial charge on any atom is 0.201 e. The molecule has 0 bridgehead atoms. The Kier molecular flexibility index (Phi) is 9.94. The number of methoxy groups -OCH3 is 1. The van der Waals surface area contributed by atoms with Gasteiger partial charge in [0, 0.05) is 34.9 Å². The molecule has 46 heavy (non-hydrogen) atoms. The summed E-state index contributed by atoms with van der Waals surface area (Å²) in [4.78, 5) is 4.16. The molecular weight excluding hydrogens is 584 g/mol. The molecule has 7 unspecified atom stereocenters. The van der Waals surface area contributed by atoms with E-state index in [9.17, 15) is 25.5 Å². The van der Waals surface area contributed by atoms with Crippen LogP contribution in [0.2, 0.25) is 0 Å². The quantitative estimate of drug-likeness (QED) is 0.130. The van der Waals surface area contributed by atoms with Crippen LogP contribution >= 0.6 is 0 Å². The van der Waals surface area contributed by atoms with Crippen LogP contribution in [0.4, 0.5) is 0 Å². The number of phenols is 3. The molecule has 9 heteroatoms. The SMILES string of the molecule is CNCCC1CC=CC(c2cc(C3CCC4C(O)CC(c5c(CO)c(O)c(O)c(OC)c5Cc5cc[n-]c5)OC4C3)ccc2O)C1. The Morgan fingerprint density at radius 3 is 2.63 bits per heavy atom. The smallest absolute Gasteiger partial charge is 0.201 e. The van der Waals surface area contributed by atoms with E-state index < -0.39 is 30.3 Å². The molecule has 3 aliphatic rings. The molecule has 2 aliphatic carbocycles. The number of ether oxygens (including phenoxy) is 2. The number of fused-ring (bicyclic) bond motifs is 1. The van der Waals surface area contributed by atoms with Crippen molar-refractivity contribution in [1.82, 2.24) is 10.3 Å². The fraction of sp³-hybridized carbons (Fsp3) is 0.514. The molecule has 0 radical (unpaired) electrons. The summed E-state index contributed by atoms with van der Waals surface area (Å²) in [6, 6.07) is 7.88. The third-order valence-electron chi connectivity index (χ3n) is 10.6. The van der Waals surface area contributed by atoms with Gasteiger partial charge in [-0.1, -0.05) is 35.9 Å². The highest BCUT2D eigenvalue weighted by Gasteiger charge is 2.44. The zero-order valence-corrected chi connectivity index (χ0v) is 26.7. The molecule has 2 heterocycles. The van der Waals surface area contributed by atoms with Crippen molar-refractivity contribution in [3.05, 3.63) is 82.2 Å². The summed E-state index contributed by atoms with van der Waals surface area (Å²) in [7, 11) is 3.41. The van der Waals surface area contributed by atoms with Gasteiger partial charge in [-0.25, -0.2) is 0 Å². The highest BCUT2D eigenvalue weighted by molar-refractivity contribution is 5.64. The molecule has 7 atom stereocenters. The minimum atomic E-state index is -0.635. The lowest BCUT2D eigenvalue weighted by Gasteiger charge is -2.45. The predicted molar refractivity (Wildman–Crippen MR) is 174 cm³/mol. The highest BCUT2D eigenvalue weighted by atomic mass is 16.5. The van der Waals surface area contributed by atoms with Crippen LogP contribution in [0, 0.1) is 11.8 Å². The lowest BCUT2D eigenvalue weighted by atomic mass is 9.71. The number of hydrogen-bond acceptors (Lipinski definition) is 8. The number of aliphatic hydroxyl groups is 2. The topological polar surface area (TPSA) is 146 Å². The van der Waals surface area contributed by atoms with Gasteiger partial charge in [0.25, 0.3) is 0 Å². The largest absolute Gasteiger partial charge is 0.670 e. The van der Waals surface area contributed by atoms with Crippen LogP contribution in [-0.4, -0.2) is 58.4 Å². The monoisotopic (exact) mass is 631 g/mol. The summed E-state index contributed by atoms with van der Waals surface area (Å²) >= 11 is 0. The molecule has 6 rings (SSSR count). The maximum atomic E-state index is 11.5. The Morgan fingerprint density at radius 1 is 1.04 bits per heavy atom. The zero-order valence-electron chi connectivity index (χ0n) is 26.7. The highest BCUT2D eigenvalue weighted by Crippen LogP contribution is 2.52. The first-order valence-electron chi connectivity index (χ1n) is 16.6. The average molecular weight is 632 g/mol. The Morgan fingerprint density at radius 2 is 1.89 bits per heavy atom. The zero-order chi connectivity index (χ0) is 32.4. The van der Waals surface area contributed by atoms with Crippen molar-refractivity contribution >= 4 is 0 Å². The molecule has 2 fully saturated rings. The molecule has 0 amide bonds. The van der Waals surface area contributed by atoms with E-state index >= 15 is 0 Å². The summed E-state index contributed by atoms with van der Waals surface area (Å²) in [6.07, 6.45) is 12.6. The summed E-state index contributed by atoms with van der Waals surface area (Å²) in [6.45, 7) is 0.469. The minimum Gasteiger partial charge on any atom is -0.670 e. The molecular formula is C37H47N2O7-. The van der Waals surface area contributed by atoms with E-state index in [-0.39, 0.29) is 35.2 Å². The summed E-state index contributed by atoms with van der Waals surface area (Å²) in [5.74, 6) is 0.486. The number of hydrogen-bond donors (Lipinski definition) is 6. The first-order chi connectivity index (χ1) is 22.3. The molecule has 248 valence electrons. The normalized spacial score (nSPS) is 27.8. The van der Waals surface area contributed by atoms with Crippen LogP contribution in [0.1, 0.15) is 96.3 Å². The second kappa shape index (κ2) is 14.1. The van der Waals surface area contributed by atoms with Gasteiger partial charge in [0.15, 0.2) is 11.5 Å². The van der Waals surface area contributed by atoms with Crippen molar-refractivity contribution in [2.45, 2.75) is 88.1 Å². The van der Waals surface area contributed by atoms with Crippen molar-refractivity contribution in [1.29, 1.82) is 0 Å². The molecule has 1 saturated heterocycles.